The number of aryl methyl sites for hydroxylation is 1. The fourth-order valence-electron chi connectivity index (χ4n) is 5.50. The third-order valence-electron chi connectivity index (χ3n) is 7.72. The van der Waals surface area contributed by atoms with E-state index in [1.807, 2.05) is 6.92 Å². The van der Waals surface area contributed by atoms with Crippen molar-refractivity contribution in [1.82, 2.24) is 20.4 Å². The molecule has 0 atom stereocenters. The standard InChI is InChI=1S/C30H35FN4O2/c1-21-32-30(37-34-21)26-8-7-24-15-18-35(19-16-25(24)20-26)17-14-23-4-11-28(12-5-23)33-29(36)13-6-22-2-9-27(31)10-3-22/h2-3,6-10,13,20,23,28H,4-5,11-12,14-19H2,1H3,(H,33,36)/b13-6+. The summed E-state index contributed by atoms with van der Waals surface area (Å²) in [5.41, 5.74) is 4.63. The van der Waals surface area contributed by atoms with Crippen molar-refractivity contribution in [2.75, 3.05) is 19.6 Å². The number of carbonyl (C=O) groups is 1. The maximum absolute atomic E-state index is 13.0. The van der Waals surface area contributed by atoms with Crippen molar-refractivity contribution >= 4 is 12.0 Å². The molecule has 2 heterocycles. The minimum atomic E-state index is -0.273. The van der Waals surface area contributed by atoms with Gasteiger partial charge < -0.3 is 14.7 Å². The van der Waals surface area contributed by atoms with Crippen LogP contribution in [0.4, 0.5) is 4.39 Å². The Bertz CT molecular complexity index is 1230. The van der Waals surface area contributed by atoms with Gasteiger partial charge in [0.25, 0.3) is 5.89 Å². The Balaban J connectivity index is 1.03. The van der Waals surface area contributed by atoms with Crippen molar-refractivity contribution in [3.05, 3.63) is 76.9 Å². The van der Waals surface area contributed by atoms with E-state index in [0.717, 1.165) is 75.2 Å². The first-order valence-electron chi connectivity index (χ1n) is 13.4. The number of nitrogens with one attached hydrogen (secondary N) is 1. The van der Waals surface area contributed by atoms with Crippen molar-refractivity contribution in [1.29, 1.82) is 0 Å². The van der Waals surface area contributed by atoms with E-state index in [-0.39, 0.29) is 17.8 Å². The Hall–Kier alpha value is -3.32. The Morgan fingerprint density at radius 3 is 2.57 bits per heavy atom. The average Bonchev–Trinajstić information content (AvgIpc) is 3.24. The molecule has 0 unspecified atom stereocenters. The van der Waals surface area contributed by atoms with Gasteiger partial charge in [0.2, 0.25) is 5.91 Å². The molecule has 1 amide bonds. The van der Waals surface area contributed by atoms with E-state index in [0.29, 0.717) is 11.7 Å². The van der Waals surface area contributed by atoms with Crippen molar-refractivity contribution < 1.29 is 13.7 Å². The molecule has 6 nitrogen and oxygen atoms in total. The maximum Gasteiger partial charge on any atom is 0.257 e. The lowest BCUT2D eigenvalue weighted by molar-refractivity contribution is -0.117. The zero-order valence-electron chi connectivity index (χ0n) is 21.5. The third kappa shape index (κ3) is 6.92. The van der Waals surface area contributed by atoms with Crippen LogP contribution in [-0.4, -0.2) is 46.6 Å². The molecule has 3 aromatic rings. The molecular formula is C30H35FN4O2. The SMILES string of the molecule is Cc1noc(-c2ccc3c(c2)CCN(CCC2CCC(NC(=O)/C=C/c4ccc(F)cc4)CC2)CC3)n1. The molecule has 0 spiro atoms. The van der Waals surface area contributed by atoms with Crippen LogP contribution in [0.3, 0.4) is 0 Å². The monoisotopic (exact) mass is 502 g/mol. The van der Waals surface area contributed by atoms with Gasteiger partial charge in [0.1, 0.15) is 5.82 Å². The summed E-state index contributed by atoms with van der Waals surface area (Å²) in [7, 11) is 0. The number of rotatable bonds is 7. The van der Waals surface area contributed by atoms with E-state index in [1.165, 1.54) is 29.7 Å². The molecule has 1 fully saturated rings. The number of aromatic nitrogens is 2. The van der Waals surface area contributed by atoms with Crippen LogP contribution in [-0.2, 0) is 17.6 Å². The summed E-state index contributed by atoms with van der Waals surface area (Å²) in [6, 6.07) is 12.9. The number of halogens is 1. The predicted molar refractivity (Wildman–Crippen MR) is 142 cm³/mol. The van der Waals surface area contributed by atoms with Crippen LogP contribution in [0.5, 0.6) is 0 Å². The Morgan fingerprint density at radius 1 is 1.08 bits per heavy atom. The van der Waals surface area contributed by atoms with Gasteiger partial charge >= 0.3 is 0 Å². The molecule has 1 saturated carbocycles. The summed E-state index contributed by atoms with van der Waals surface area (Å²) < 4.78 is 18.4. The zero-order chi connectivity index (χ0) is 25.6. The highest BCUT2D eigenvalue weighted by atomic mass is 19.1. The number of hydrogen-bond acceptors (Lipinski definition) is 5. The van der Waals surface area contributed by atoms with Crippen molar-refractivity contribution in [2.45, 2.75) is 57.9 Å². The zero-order valence-corrected chi connectivity index (χ0v) is 21.5. The second kappa shape index (κ2) is 11.8. The lowest BCUT2D eigenvalue weighted by atomic mass is 9.84. The van der Waals surface area contributed by atoms with Crippen molar-refractivity contribution in [2.24, 2.45) is 5.92 Å². The number of benzene rings is 2. The topological polar surface area (TPSA) is 71.3 Å². The van der Waals surface area contributed by atoms with Gasteiger partial charge in [-0.3, -0.25) is 4.79 Å². The molecular weight excluding hydrogens is 467 g/mol. The highest BCUT2D eigenvalue weighted by Gasteiger charge is 2.23. The van der Waals surface area contributed by atoms with Crippen molar-refractivity contribution in [3.63, 3.8) is 0 Å². The van der Waals surface area contributed by atoms with Crippen LogP contribution < -0.4 is 5.32 Å². The second-order valence-corrected chi connectivity index (χ2v) is 10.4. The molecule has 1 aliphatic carbocycles. The summed E-state index contributed by atoms with van der Waals surface area (Å²) in [4.78, 5) is 19.3. The largest absolute Gasteiger partial charge is 0.350 e. The van der Waals surface area contributed by atoms with E-state index < -0.39 is 0 Å². The number of hydrogen-bond donors (Lipinski definition) is 1. The van der Waals surface area contributed by atoms with Gasteiger partial charge in [-0.1, -0.05) is 23.4 Å². The number of carbonyl (C=O) groups excluding carboxylic acids is 1. The van der Waals surface area contributed by atoms with E-state index in [9.17, 15) is 9.18 Å². The molecule has 2 aromatic carbocycles. The maximum atomic E-state index is 13.0. The molecule has 0 radical (unpaired) electrons. The summed E-state index contributed by atoms with van der Waals surface area (Å²) in [5.74, 6) is 1.63. The lowest BCUT2D eigenvalue weighted by Crippen LogP contribution is -2.37. The van der Waals surface area contributed by atoms with Crippen LogP contribution >= 0.6 is 0 Å². The number of amides is 1. The minimum Gasteiger partial charge on any atom is -0.350 e. The first kappa shape index (κ1) is 25.3. The molecule has 37 heavy (non-hydrogen) atoms. The fourth-order valence-corrected chi connectivity index (χ4v) is 5.50. The van der Waals surface area contributed by atoms with Crippen LogP contribution in [0.15, 0.2) is 53.1 Å². The molecule has 7 heteroatoms. The summed E-state index contributed by atoms with van der Waals surface area (Å²) in [6.07, 6.45) is 11.0. The molecule has 0 bridgehead atoms. The fraction of sp³-hybridized carbons (Fsp3) is 0.433. The van der Waals surface area contributed by atoms with Gasteiger partial charge in [-0.2, -0.15) is 4.98 Å². The summed E-state index contributed by atoms with van der Waals surface area (Å²) in [5, 5.41) is 7.05. The molecule has 5 rings (SSSR count). The minimum absolute atomic E-state index is 0.0747. The molecule has 2 aliphatic rings. The Kier molecular flexibility index (Phi) is 8.09. The van der Waals surface area contributed by atoms with Gasteiger partial charge in [0.05, 0.1) is 0 Å². The molecule has 194 valence electrons. The summed E-state index contributed by atoms with van der Waals surface area (Å²) in [6.45, 7) is 5.14. The second-order valence-electron chi connectivity index (χ2n) is 10.4. The smallest absolute Gasteiger partial charge is 0.257 e. The molecule has 1 aliphatic heterocycles. The lowest BCUT2D eigenvalue weighted by Gasteiger charge is -2.30. The van der Waals surface area contributed by atoms with Gasteiger partial charge in [-0.25, -0.2) is 4.39 Å². The number of nitrogens with zero attached hydrogens (tertiary/aromatic N) is 3. The third-order valence-corrected chi connectivity index (χ3v) is 7.72. The van der Waals surface area contributed by atoms with E-state index >= 15 is 0 Å². The molecule has 0 saturated heterocycles. The predicted octanol–water partition coefficient (Wildman–Crippen LogP) is 5.36. The van der Waals surface area contributed by atoms with Crippen LogP contribution in [0, 0.1) is 18.7 Å². The van der Waals surface area contributed by atoms with Crippen molar-refractivity contribution in [3.8, 4) is 11.5 Å². The first-order chi connectivity index (χ1) is 18.0. The number of fused-ring (bicyclic) bond motifs is 1. The van der Waals surface area contributed by atoms with Gasteiger partial charge in [0, 0.05) is 30.8 Å². The van der Waals surface area contributed by atoms with Crippen LogP contribution in [0.1, 0.15) is 54.6 Å². The van der Waals surface area contributed by atoms with Gasteiger partial charge in [-0.05, 0) is 111 Å². The van der Waals surface area contributed by atoms with Crippen LogP contribution in [0.25, 0.3) is 17.5 Å². The van der Waals surface area contributed by atoms with Crippen LogP contribution in [0.2, 0.25) is 0 Å². The van der Waals surface area contributed by atoms with E-state index in [4.69, 9.17) is 4.52 Å². The molecule has 1 aromatic heterocycles. The summed E-state index contributed by atoms with van der Waals surface area (Å²) >= 11 is 0. The Morgan fingerprint density at radius 2 is 1.84 bits per heavy atom. The highest BCUT2D eigenvalue weighted by molar-refractivity contribution is 5.91. The van der Waals surface area contributed by atoms with Gasteiger partial charge in [0.15, 0.2) is 5.82 Å². The molecule has 1 N–H and O–H groups in total. The Labute approximate surface area is 218 Å². The normalized spacial score (nSPS) is 20.5. The van der Waals surface area contributed by atoms with E-state index in [2.05, 4.69) is 38.6 Å². The highest BCUT2D eigenvalue weighted by Crippen LogP contribution is 2.28. The first-order valence-corrected chi connectivity index (χ1v) is 13.4. The van der Waals surface area contributed by atoms with Gasteiger partial charge in [-0.15, -0.1) is 0 Å². The average molecular weight is 503 g/mol. The quantitative estimate of drug-likeness (QED) is 0.440. The van der Waals surface area contributed by atoms with E-state index in [1.54, 1.807) is 24.3 Å².